The van der Waals surface area contributed by atoms with E-state index < -0.39 is 5.92 Å². The van der Waals surface area contributed by atoms with Gasteiger partial charge in [-0.25, -0.2) is 0 Å². The molecule has 2 aromatic carbocycles. The lowest BCUT2D eigenvalue weighted by Crippen LogP contribution is -2.27. The molecule has 3 rings (SSSR count). The second-order valence-corrected chi connectivity index (χ2v) is 5.04. The summed E-state index contributed by atoms with van der Waals surface area (Å²) in [6.45, 7) is 1.83. The van der Waals surface area contributed by atoms with Crippen LogP contribution in [0.15, 0.2) is 64.7 Å². The molecule has 0 saturated carbocycles. The number of rotatable bonds is 3. The van der Waals surface area contributed by atoms with Gasteiger partial charge in [-0.1, -0.05) is 30.3 Å². The molecule has 1 amide bonds. The zero-order valence-corrected chi connectivity index (χ0v) is 12.2. The van der Waals surface area contributed by atoms with Crippen LogP contribution in [-0.2, 0) is 4.79 Å². The smallest absolute Gasteiger partial charge is 0.261 e. The van der Waals surface area contributed by atoms with Gasteiger partial charge in [-0.3, -0.25) is 9.79 Å². The molecule has 1 heterocycles. The first-order valence-corrected chi connectivity index (χ1v) is 6.99. The molecule has 2 aromatic rings. The van der Waals surface area contributed by atoms with E-state index in [2.05, 4.69) is 10.1 Å². The summed E-state index contributed by atoms with van der Waals surface area (Å²) < 4.78 is 0. The minimum atomic E-state index is -0.459. The van der Waals surface area contributed by atoms with E-state index in [0.29, 0.717) is 17.1 Å². The fraction of sp³-hybridized carbons (Fsp3) is 0.118. The minimum absolute atomic E-state index is 0.109. The third-order valence-electron chi connectivity index (χ3n) is 3.48. The van der Waals surface area contributed by atoms with Gasteiger partial charge < -0.3 is 5.73 Å². The summed E-state index contributed by atoms with van der Waals surface area (Å²) in [5.41, 5.74) is 8.56. The van der Waals surface area contributed by atoms with Gasteiger partial charge >= 0.3 is 0 Å². The van der Waals surface area contributed by atoms with Crippen molar-refractivity contribution in [3.63, 3.8) is 0 Å². The normalized spacial score (nSPS) is 18.0. The lowest BCUT2D eigenvalue weighted by molar-refractivity contribution is -0.118. The van der Waals surface area contributed by atoms with Gasteiger partial charge in [0.25, 0.3) is 5.91 Å². The SMILES string of the molecule is CC1=NN(c2ccccc2)C(=O)[C@@H]1C=Nc1ccccc1N. The van der Waals surface area contributed by atoms with Crippen molar-refractivity contribution >= 4 is 34.9 Å². The number of aliphatic imine (C=N–C) groups is 1. The van der Waals surface area contributed by atoms with E-state index in [0.717, 1.165) is 5.69 Å². The number of anilines is 2. The van der Waals surface area contributed by atoms with Crippen LogP contribution in [-0.4, -0.2) is 17.8 Å². The molecule has 0 aliphatic carbocycles. The van der Waals surface area contributed by atoms with Gasteiger partial charge in [-0.2, -0.15) is 10.1 Å². The standard InChI is InChI=1S/C17H16N4O/c1-12-14(11-19-16-10-6-5-9-15(16)18)17(22)21(20-12)13-7-3-2-4-8-13/h2-11,14H,18H2,1H3/t14-/m1/s1. The number of carbonyl (C=O) groups is 1. The number of nitrogens with zero attached hydrogens (tertiary/aromatic N) is 3. The summed E-state index contributed by atoms with van der Waals surface area (Å²) in [7, 11) is 0. The number of carbonyl (C=O) groups excluding carboxylic acids is 1. The first kappa shape index (κ1) is 14.0. The van der Waals surface area contributed by atoms with Crippen molar-refractivity contribution in [2.75, 3.05) is 10.7 Å². The average molecular weight is 292 g/mol. The van der Waals surface area contributed by atoms with Crippen LogP contribution >= 0.6 is 0 Å². The van der Waals surface area contributed by atoms with Crippen LogP contribution in [0.2, 0.25) is 0 Å². The monoisotopic (exact) mass is 292 g/mol. The number of amides is 1. The van der Waals surface area contributed by atoms with Crippen LogP contribution in [0.3, 0.4) is 0 Å². The average Bonchev–Trinajstić information content (AvgIpc) is 2.82. The number of para-hydroxylation sites is 3. The Morgan fingerprint density at radius 1 is 1.14 bits per heavy atom. The minimum Gasteiger partial charge on any atom is -0.397 e. The van der Waals surface area contributed by atoms with E-state index in [1.165, 1.54) is 5.01 Å². The van der Waals surface area contributed by atoms with Gasteiger partial charge in [0.05, 0.1) is 22.8 Å². The van der Waals surface area contributed by atoms with Gasteiger partial charge in [0, 0.05) is 6.21 Å². The molecule has 0 spiro atoms. The van der Waals surface area contributed by atoms with E-state index in [-0.39, 0.29) is 5.91 Å². The molecule has 5 heteroatoms. The molecule has 0 radical (unpaired) electrons. The second kappa shape index (κ2) is 5.81. The number of hydrazone groups is 1. The van der Waals surface area contributed by atoms with Crippen molar-refractivity contribution < 1.29 is 4.79 Å². The van der Waals surface area contributed by atoms with E-state index in [9.17, 15) is 4.79 Å². The Morgan fingerprint density at radius 2 is 1.82 bits per heavy atom. The van der Waals surface area contributed by atoms with Crippen molar-refractivity contribution in [3.05, 3.63) is 54.6 Å². The first-order valence-electron chi connectivity index (χ1n) is 6.99. The van der Waals surface area contributed by atoms with Gasteiger partial charge in [0.1, 0.15) is 5.92 Å². The van der Waals surface area contributed by atoms with E-state index in [1.54, 1.807) is 12.3 Å². The Morgan fingerprint density at radius 3 is 2.55 bits per heavy atom. The van der Waals surface area contributed by atoms with Gasteiger partial charge in [0.15, 0.2) is 0 Å². The number of benzene rings is 2. The maximum absolute atomic E-state index is 12.5. The third-order valence-corrected chi connectivity index (χ3v) is 3.48. The van der Waals surface area contributed by atoms with Crippen LogP contribution in [0.25, 0.3) is 0 Å². The molecule has 0 bridgehead atoms. The summed E-state index contributed by atoms with van der Waals surface area (Å²) in [5.74, 6) is -0.568. The third kappa shape index (κ3) is 2.61. The quantitative estimate of drug-likeness (QED) is 0.697. The summed E-state index contributed by atoms with van der Waals surface area (Å²) >= 11 is 0. The maximum Gasteiger partial charge on any atom is 0.261 e. The van der Waals surface area contributed by atoms with Crippen LogP contribution in [0.1, 0.15) is 6.92 Å². The lowest BCUT2D eigenvalue weighted by atomic mass is 10.1. The molecule has 1 aliphatic rings. The Kier molecular flexibility index (Phi) is 3.70. The molecule has 2 N–H and O–H groups in total. The maximum atomic E-state index is 12.5. The predicted molar refractivity (Wildman–Crippen MR) is 89.5 cm³/mol. The summed E-state index contributed by atoms with van der Waals surface area (Å²) in [4.78, 5) is 16.8. The van der Waals surface area contributed by atoms with Crippen molar-refractivity contribution in [1.82, 2.24) is 0 Å². The molecular formula is C17H16N4O. The molecule has 0 saturated heterocycles. The summed E-state index contributed by atoms with van der Waals surface area (Å²) in [5, 5.41) is 5.75. The van der Waals surface area contributed by atoms with E-state index in [4.69, 9.17) is 5.73 Å². The Balaban J connectivity index is 1.83. The first-order chi connectivity index (χ1) is 10.7. The fourth-order valence-corrected chi connectivity index (χ4v) is 2.27. The fourth-order valence-electron chi connectivity index (χ4n) is 2.27. The van der Waals surface area contributed by atoms with Crippen LogP contribution < -0.4 is 10.7 Å². The number of nitrogen functional groups attached to an aromatic ring is 1. The van der Waals surface area contributed by atoms with Crippen molar-refractivity contribution in [2.24, 2.45) is 16.0 Å². The van der Waals surface area contributed by atoms with Crippen LogP contribution in [0.4, 0.5) is 17.1 Å². The summed E-state index contributed by atoms with van der Waals surface area (Å²) in [6.07, 6.45) is 1.61. The van der Waals surface area contributed by atoms with Crippen molar-refractivity contribution in [1.29, 1.82) is 0 Å². The van der Waals surface area contributed by atoms with E-state index in [1.807, 2.05) is 55.5 Å². The Bertz CT molecular complexity index is 752. The molecule has 0 aromatic heterocycles. The van der Waals surface area contributed by atoms with Crippen molar-refractivity contribution in [2.45, 2.75) is 6.92 Å². The highest BCUT2D eigenvalue weighted by Gasteiger charge is 2.33. The predicted octanol–water partition coefficient (Wildman–Crippen LogP) is 3.01. The molecule has 0 fully saturated rings. The second-order valence-electron chi connectivity index (χ2n) is 5.04. The van der Waals surface area contributed by atoms with E-state index >= 15 is 0 Å². The van der Waals surface area contributed by atoms with Crippen LogP contribution in [0.5, 0.6) is 0 Å². The zero-order valence-electron chi connectivity index (χ0n) is 12.2. The molecule has 1 aliphatic heterocycles. The van der Waals surface area contributed by atoms with Gasteiger partial charge in [-0.05, 0) is 31.2 Å². The molecule has 5 nitrogen and oxygen atoms in total. The van der Waals surface area contributed by atoms with Crippen LogP contribution in [0, 0.1) is 5.92 Å². The molecule has 0 unspecified atom stereocenters. The molecule has 110 valence electrons. The lowest BCUT2D eigenvalue weighted by Gasteiger charge is -2.12. The summed E-state index contributed by atoms with van der Waals surface area (Å²) in [6, 6.07) is 16.6. The highest BCUT2D eigenvalue weighted by Crippen LogP contribution is 2.25. The molecular weight excluding hydrogens is 276 g/mol. The van der Waals surface area contributed by atoms with Gasteiger partial charge in [0.2, 0.25) is 0 Å². The number of nitrogens with two attached hydrogens (primary N) is 1. The molecule has 22 heavy (non-hydrogen) atoms. The Hall–Kier alpha value is -2.95. The zero-order chi connectivity index (χ0) is 15.5. The number of hydrogen-bond acceptors (Lipinski definition) is 4. The molecule has 1 atom stereocenters. The number of hydrogen-bond donors (Lipinski definition) is 1. The topological polar surface area (TPSA) is 71.0 Å². The highest BCUT2D eigenvalue weighted by molar-refractivity contribution is 6.23. The van der Waals surface area contributed by atoms with Gasteiger partial charge in [-0.15, -0.1) is 0 Å². The largest absolute Gasteiger partial charge is 0.397 e. The highest BCUT2D eigenvalue weighted by atomic mass is 16.2. The Labute approximate surface area is 128 Å². The van der Waals surface area contributed by atoms with Crippen molar-refractivity contribution in [3.8, 4) is 0 Å².